The van der Waals surface area contributed by atoms with Gasteiger partial charge < -0.3 is 15.5 Å². The van der Waals surface area contributed by atoms with Crippen LogP contribution in [0.1, 0.15) is 17.5 Å². The molecule has 0 radical (unpaired) electrons. The molecular formula is C15H20N3O2+. The Morgan fingerprint density at radius 1 is 1.35 bits per heavy atom. The lowest BCUT2D eigenvalue weighted by Gasteiger charge is -2.30. The van der Waals surface area contributed by atoms with Gasteiger partial charge in [-0.15, -0.1) is 0 Å². The summed E-state index contributed by atoms with van der Waals surface area (Å²) < 4.78 is 0. The van der Waals surface area contributed by atoms with Crippen LogP contribution in [0, 0.1) is 0 Å². The molecule has 0 aliphatic carbocycles. The highest BCUT2D eigenvalue weighted by atomic mass is 16.2. The second kappa shape index (κ2) is 5.63. The average Bonchev–Trinajstić information content (AvgIpc) is 2.49. The number of amides is 2. The van der Waals surface area contributed by atoms with Gasteiger partial charge in [0.1, 0.15) is 0 Å². The summed E-state index contributed by atoms with van der Waals surface area (Å²) in [5, 5.41) is 4.78. The number of nitrogens with two attached hydrogens (primary N) is 1. The molecule has 0 saturated carbocycles. The number of hydrogen-bond donors (Lipinski definition) is 2. The van der Waals surface area contributed by atoms with Crippen LogP contribution < -0.4 is 10.6 Å². The molecule has 106 valence electrons. The Morgan fingerprint density at radius 2 is 2.15 bits per heavy atom. The summed E-state index contributed by atoms with van der Waals surface area (Å²) in [6, 6.07) is 7.99. The normalized spacial score (nSPS) is 22.1. The highest BCUT2D eigenvalue weighted by Crippen LogP contribution is 2.19. The molecule has 1 aromatic rings. The molecule has 2 aliphatic rings. The van der Waals surface area contributed by atoms with E-state index in [0.717, 1.165) is 19.5 Å². The van der Waals surface area contributed by atoms with E-state index in [1.54, 1.807) is 0 Å². The average molecular weight is 274 g/mol. The molecule has 0 bridgehead atoms. The summed E-state index contributed by atoms with van der Waals surface area (Å²) in [6.07, 6.45) is 1.20. The predicted octanol–water partition coefficient (Wildman–Crippen LogP) is -0.977. The first-order chi connectivity index (χ1) is 9.74. The van der Waals surface area contributed by atoms with Crippen LogP contribution in [0.4, 0.5) is 0 Å². The van der Waals surface area contributed by atoms with Gasteiger partial charge in [-0.3, -0.25) is 9.59 Å². The maximum absolute atomic E-state index is 12.3. The van der Waals surface area contributed by atoms with E-state index in [-0.39, 0.29) is 17.9 Å². The first-order valence-corrected chi connectivity index (χ1v) is 7.19. The molecule has 1 atom stereocenters. The molecule has 1 aromatic carbocycles. The van der Waals surface area contributed by atoms with Gasteiger partial charge in [0.05, 0.1) is 19.5 Å². The third kappa shape index (κ3) is 2.67. The van der Waals surface area contributed by atoms with Gasteiger partial charge in [-0.2, -0.15) is 0 Å². The Balaban J connectivity index is 1.63. The first-order valence-electron chi connectivity index (χ1n) is 7.19. The smallest absolute Gasteiger partial charge is 0.278 e. The van der Waals surface area contributed by atoms with Crippen molar-refractivity contribution in [3.63, 3.8) is 0 Å². The zero-order chi connectivity index (χ0) is 13.9. The van der Waals surface area contributed by atoms with Gasteiger partial charge in [0.2, 0.25) is 5.91 Å². The van der Waals surface area contributed by atoms with Gasteiger partial charge in [-0.05, 0) is 17.5 Å². The fourth-order valence-electron chi connectivity index (χ4n) is 2.92. The fourth-order valence-corrected chi connectivity index (χ4v) is 2.92. The summed E-state index contributed by atoms with van der Waals surface area (Å²) >= 11 is 0. The van der Waals surface area contributed by atoms with Crippen LogP contribution in [0.2, 0.25) is 0 Å². The summed E-state index contributed by atoms with van der Waals surface area (Å²) in [5.74, 6) is 0.0693. The van der Waals surface area contributed by atoms with Gasteiger partial charge in [-0.1, -0.05) is 24.3 Å². The van der Waals surface area contributed by atoms with Gasteiger partial charge in [0, 0.05) is 13.1 Å². The van der Waals surface area contributed by atoms with Crippen molar-refractivity contribution >= 4 is 11.8 Å². The van der Waals surface area contributed by atoms with E-state index in [0.29, 0.717) is 19.5 Å². The number of quaternary nitrogens is 1. The molecule has 20 heavy (non-hydrogen) atoms. The van der Waals surface area contributed by atoms with Crippen molar-refractivity contribution in [3.05, 3.63) is 35.4 Å². The second-order valence-electron chi connectivity index (χ2n) is 5.46. The van der Waals surface area contributed by atoms with Crippen molar-refractivity contribution in [2.45, 2.75) is 25.4 Å². The lowest BCUT2D eigenvalue weighted by atomic mass is 9.99. The minimum absolute atomic E-state index is 0.0120. The monoisotopic (exact) mass is 274 g/mol. The third-order valence-corrected chi connectivity index (χ3v) is 4.11. The molecule has 1 fully saturated rings. The molecule has 1 saturated heterocycles. The quantitative estimate of drug-likeness (QED) is 0.728. The fraction of sp³-hybridized carbons (Fsp3) is 0.467. The van der Waals surface area contributed by atoms with E-state index in [1.807, 2.05) is 22.3 Å². The maximum atomic E-state index is 12.3. The third-order valence-electron chi connectivity index (χ3n) is 4.11. The van der Waals surface area contributed by atoms with E-state index in [4.69, 9.17) is 0 Å². The number of piperazine rings is 1. The van der Waals surface area contributed by atoms with Crippen molar-refractivity contribution in [2.75, 3.05) is 19.6 Å². The number of fused-ring (bicyclic) bond motifs is 1. The van der Waals surface area contributed by atoms with Crippen LogP contribution in [0.5, 0.6) is 0 Å². The van der Waals surface area contributed by atoms with Crippen LogP contribution in [-0.4, -0.2) is 42.4 Å². The summed E-state index contributed by atoms with van der Waals surface area (Å²) in [4.78, 5) is 25.9. The highest BCUT2D eigenvalue weighted by Gasteiger charge is 2.30. The Morgan fingerprint density at radius 3 is 2.95 bits per heavy atom. The zero-order valence-corrected chi connectivity index (χ0v) is 11.5. The molecule has 0 spiro atoms. The van der Waals surface area contributed by atoms with Crippen molar-refractivity contribution < 1.29 is 14.9 Å². The topological polar surface area (TPSA) is 66.0 Å². The Labute approximate surface area is 118 Å². The molecule has 5 nitrogen and oxygen atoms in total. The van der Waals surface area contributed by atoms with Crippen molar-refractivity contribution in [1.82, 2.24) is 10.2 Å². The molecule has 3 rings (SSSR count). The lowest BCUT2D eigenvalue weighted by molar-refractivity contribution is -0.678. The second-order valence-corrected chi connectivity index (χ2v) is 5.46. The zero-order valence-electron chi connectivity index (χ0n) is 11.5. The summed E-state index contributed by atoms with van der Waals surface area (Å²) in [6.45, 7) is 2.97. The number of rotatable bonds is 2. The molecule has 0 aromatic heterocycles. The summed E-state index contributed by atoms with van der Waals surface area (Å²) in [7, 11) is 0. The van der Waals surface area contributed by atoms with Crippen molar-refractivity contribution in [2.24, 2.45) is 0 Å². The Bertz CT molecular complexity index is 530. The molecule has 3 N–H and O–H groups in total. The number of nitrogens with one attached hydrogen (secondary N) is 1. The van der Waals surface area contributed by atoms with Crippen LogP contribution in [-0.2, 0) is 22.6 Å². The van der Waals surface area contributed by atoms with Gasteiger partial charge >= 0.3 is 0 Å². The van der Waals surface area contributed by atoms with Crippen molar-refractivity contribution in [3.8, 4) is 0 Å². The minimum Gasteiger partial charge on any atom is -0.345 e. The van der Waals surface area contributed by atoms with Crippen LogP contribution >= 0.6 is 0 Å². The largest absolute Gasteiger partial charge is 0.345 e. The molecule has 2 heterocycles. The van der Waals surface area contributed by atoms with E-state index < -0.39 is 0 Å². The van der Waals surface area contributed by atoms with E-state index in [1.165, 1.54) is 11.1 Å². The maximum Gasteiger partial charge on any atom is 0.278 e. The number of benzene rings is 1. The number of nitrogens with zero attached hydrogens (tertiary/aromatic N) is 1. The summed E-state index contributed by atoms with van der Waals surface area (Å²) in [5.41, 5.74) is 2.56. The van der Waals surface area contributed by atoms with Crippen molar-refractivity contribution in [1.29, 1.82) is 0 Å². The van der Waals surface area contributed by atoms with E-state index in [9.17, 15) is 9.59 Å². The van der Waals surface area contributed by atoms with Crippen LogP contribution in [0.25, 0.3) is 0 Å². The molecular weight excluding hydrogens is 254 g/mol. The lowest BCUT2D eigenvalue weighted by Crippen LogP contribution is -2.96. The van der Waals surface area contributed by atoms with Crippen LogP contribution in [0.15, 0.2) is 24.3 Å². The molecule has 0 unspecified atom stereocenters. The Kier molecular flexibility index (Phi) is 3.69. The minimum atomic E-state index is -0.256. The molecule has 5 heteroatoms. The van der Waals surface area contributed by atoms with E-state index >= 15 is 0 Å². The number of carbonyl (C=O) groups is 2. The predicted molar refractivity (Wildman–Crippen MR) is 73.8 cm³/mol. The van der Waals surface area contributed by atoms with Gasteiger partial charge in [0.25, 0.3) is 5.91 Å². The van der Waals surface area contributed by atoms with Crippen LogP contribution in [0.3, 0.4) is 0 Å². The number of hydrogen-bond acceptors (Lipinski definition) is 2. The SMILES string of the molecule is O=C1NCC[NH2+][C@H]1CC(=O)N1CCc2ccccc2C1. The van der Waals surface area contributed by atoms with Gasteiger partial charge in [-0.25, -0.2) is 0 Å². The van der Waals surface area contributed by atoms with Gasteiger partial charge in [0.15, 0.2) is 6.04 Å². The first kappa shape index (κ1) is 13.1. The highest BCUT2D eigenvalue weighted by molar-refractivity contribution is 5.87. The standard InChI is InChI=1S/C15H19N3O2/c19-14(9-13-15(20)17-7-6-16-13)18-8-5-11-3-1-2-4-12(11)10-18/h1-4,13,16H,5-10H2,(H,17,20)/p+1/t13-/m0/s1. The number of carbonyl (C=O) groups excluding carboxylic acids is 2. The Hall–Kier alpha value is -1.88. The molecule has 2 aliphatic heterocycles. The van der Waals surface area contributed by atoms with E-state index in [2.05, 4.69) is 17.4 Å². The molecule has 2 amide bonds.